The Morgan fingerprint density at radius 1 is 1.22 bits per heavy atom. The molecule has 0 spiro atoms. The van der Waals surface area contributed by atoms with Crippen molar-refractivity contribution in [2.24, 2.45) is 0 Å². The second-order valence-corrected chi connectivity index (χ2v) is 5.56. The van der Waals surface area contributed by atoms with Gasteiger partial charge in [-0.15, -0.1) is 0 Å². The molecule has 0 aromatic heterocycles. The molecule has 0 amide bonds. The summed E-state index contributed by atoms with van der Waals surface area (Å²) in [5.74, 6) is 0. The zero-order chi connectivity index (χ0) is 14.1. The lowest BCUT2D eigenvalue weighted by Gasteiger charge is -2.17. The lowest BCUT2D eigenvalue weighted by Crippen LogP contribution is -2.26. The van der Waals surface area contributed by atoms with Crippen molar-refractivity contribution >= 4 is 10.1 Å². The van der Waals surface area contributed by atoms with Gasteiger partial charge >= 0.3 is 15.6 Å². The monoisotopic (exact) mass is 282 g/mol. The molecule has 0 N–H and O–H groups in total. The Kier molecular flexibility index (Phi) is 4.07. The fourth-order valence-electron chi connectivity index (χ4n) is 1.49. The highest BCUT2D eigenvalue weighted by molar-refractivity contribution is 7.87. The molecule has 102 valence electrons. The van der Waals surface area contributed by atoms with E-state index in [4.69, 9.17) is 0 Å². The molecule has 1 atom stereocenters. The van der Waals surface area contributed by atoms with Crippen molar-refractivity contribution in [2.45, 2.75) is 32.4 Å². The van der Waals surface area contributed by atoms with Gasteiger partial charge < -0.3 is 0 Å². The van der Waals surface area contributed by atoms with Crippen LogP contribution in [0.15, 0.2) is 18.2 Å². The van der Waals surface area contributed by atoms with Crippen LogP contribution >= 0.6 is 0 Å². The number of rotatable bonds is 3. The van der Waals surface area contributed by atoms with Gasteiger partial charge in [0, 0.05) is 0 Å². The van der Waals surface area contributed by atoms with Gasteiger partial charge in [-0.2, -0.15) is 21.6 Å². The molecule has 0 saturated heterocycles. The zero-order valence-electron chi connectivity index (χ0n) is 10.1. The Labute approximate surface area is 104 Å². The highest BCUT2D eigenvalue weighted by atomic mass is 32.2. The van der Waals surface area contributed by atoms with Crippen LogP contribution in [0.5, 0.6) is 0 Å². The Balaban J connectivity index is 3.03. The summed E-state index contributed by atoms with van der Waals surface area (Å²) in [4.78, 5) is 0. The van der Waals surface area contributed by atoms with Crippen molar-refractivity contribution in [3.8, 4) is 0 Å². The zero-order valence-corrected chi connectivity index (χ0v) is 10.9. The van der Waals surface area contributed by atoms with E-state index >= 15 is 0 Å². The standard InChI is InChI=1S/C11H13F3O3S/c1-7-4-5-8(2)10(6-7)9(3)17-18(15,16)11(12,13)14/h4-6,9H,1-3H3. The molecule has 0 radical (unpaired) electrons. The predicted octanol–water partition coefficient (Wildman–Crippen LogP) is 3.23. The van der Waals surface area contributed by atoms with E-state index in [0.29, 0.717) is 11.1 Å². The molecule has 18 heavy (non-hydrogen) atoms. The van der Waals surface area contributed by atoms with Gasteiger partial charge in [-0.3, -0.25) is 4.18 Å². The first-order valence-corrected chi connectivity index (χ1v) is 6.52. The van der Waals surface area contributed by atoms with Gasteiger partial charge in [-0.1, -0.05) is 23.8 Å². The molecule has 1 aromatic carbocycles. The highest BCUT2D eigenvalue weighted by Crippen LogP contribution is 2.31. The van der Waals surface area contributed by atoms with Crippen molar-refractivity contribution in [1.29, 1.82) is 0 Å². The van der Waals surface area contributed by atoms with Crippen LogP contribution in [-0.2, 0) is 14.3 Å². The van der Waals surface area contributed by atoms with Gasteiger partial charge in [0.25, 0.3) is 0 Å². The van der Waals surface area contributed by atoms with E-state index in [-0.39, 0.29) is 0 Å². The molecule has 0 saturated carbocycles. The lowest BCUT2D eigenvalue weighted by molar-refractivity contribution is -0.0569. The average Bonchev–Trinajstić information content (AvgIpc) is 2.19. The minimum Gasteiger partial charge on any atom is -0.255 e. The summed E-state index contributed by atoms with van der Waals surface area (Å²) in [6, 6.07) is 5.08. The van der Waals surface area contributed by atoms with E-state index in [1.807, 2.05) is 0 Å². The molecule has 1 aromatic rings. The maximum absolute atomic E-state index is 12.2. The van der Waals surface area contributed by atoms with Crippen LogP contribution in [0.3, 0.4) is 0 Å². The summed E-state index contributed by atoms with van der Waals surface area (Å²) in [7, 11) is -5.57. The van der Waals surface area contributed by atoms with Crippen molar-refractivity contribution < 1.29 is 25.8 Å². The first-order chi connectivity index (χ1) is 8.04. The molecule has 1 rings (SSSR count). The van der Waals surface area contributed by atoms with Crippen LogP contribution in [0.1, 0.15) is 29.7 Å². The van der Waals surface area contributed by atoms with Gasteiger partial charge in [0.15, 0.2) is 0 Å². The van der Waals surface area contributed by atoms with Gasteiger partial charge in [-0.05, 0) is 31.9 Å². The van der Waals surface area contributed by atoms with Gasteiger partial charge in [0.05, 0.1) is 6.10 Å². The number of hydrogen-bond donors (Lipinski definition) is 0. The van der Waals surface area contributed by atoms with E-state index in [2.05, 4.69) is 4.18 Å². The van der Waals surface area contributed by atoms with Crippen LogP contribution in [0, 0.1) is 13.8 Å². The van der Waals surface area contributed by atoms with Gasteiger partial charge in [0.1, 0.15) is 0 Å². The molecule has 7 heteroatoms. The summed E-state index contributed by atoms with van der Waals surface area (Å²) < 4.78 is 62.5. The number of halogens is 3. The highest BCUT2D eigenvalue weighted by Gasteiger charge is 2.48. The first-order valence-electron chi connectivity index (χ1n) is 5.11. The molecule has 0 fully saturated rings. The summed E-state index contributed by atoms with van der Waals surface area (Å²) in [6.45, 7) is 4.70. The minimum absolute atomic E-state index is 0.419. The van der Waals surface area contributed by atoms with Crippen molar-refractivity contribution in [3.63, 3.8) is 0 Å². The van der Waals surface area contributed by atoms with E-state index in [1.54, 1.807) is 32.0 Å². The van der Waals surface area contributed by atoms with Gasteiger partial charge in [-0.25, -0.2) is 0 Å². The van der Waals surface area contributed by atoms with Crippen LogP contribution in [-0.4, -0.2) is 13.9 Å². The number of alkyl halides is 3. The Morgan fingerprint density at radius 3 is 2.28 bits per heavy atom. The quantitative estimate of drug-likeness (QED) is 0.631. The Bertz CT molecular complexity index is 535. The first kappa shape index (κ1) is 15.0. The van der Waals surface area contributed by atoms with Crippen molar-refractivity contribution in [2.75, 3.05) is 0 Å². The third-order valence-corrected chi connectivity index (χ3v) is 3.54. The molecular weight excluding hydrogens is 269 g/mol. The maximum atomic E-state index is 12.2. The number of benzene rings is 1. The molecule has 0 aliphatic rings. The second kappa shape index (κ2) is 4.89. The minimum atomic E-state index is -5.57. The van der Waals surface area contributed by atoms with E-state index in [1.165, 1.54) is 6.92 Å². The second-order valence-electron chi connectivity index (χ2n) is 4.00. The molecule has 0 aliphatic heterocycles. The largest absolute Gasteiger partial charge is 0.523 e. The molecule has 3 nitrogen and oxygen atoms in total. The molecule has 0 aliphatic carbocycles. The molecule has 0 heterocycles. The summed E-state index contributed by atoms with van der Waals surface area (Å²) in [6.07, 6.45) is -1.18. The Morgan fingerprint density at radius 2 is 1.78 bits per heavy atom. The third kappa shape index (κ3) is 3.23. The molecular formula is C11H13F3O3S. The smallest absolute Gasteiger partial charge is 0.255 e. The van der Waals surface area contributed by atoms with Crippen LogP contribution < -0.4 is 0 Å². The molecule has 0 bridgehead atoms. The maximum Gasteiger partial charge on any atom is 0.523 e. The van der Waals surface area contributed by atoms with Crippen LogP contribution in [0.25, 0.3) is 0 Å². The van der Waals surface area contributed by atoms with Gasteiger partial charge in [0.2, 0.25) is 0 Å². The van der Waals surface area contributed by atoms with Crippen molar-refractivity contribution in [3.05, 3.63) is 34.9 Å². The number of hydrogen-bond acceptors (Lipinski definition) is 3. The fourth-order valence-corrected chi connectivity index (χ4v) is 2.09. The van der Waals surface area contributed by atoms with Crippen LogP contribution in [0.4, 0.5) is 13.2 Å². The predicted molar refractivity (Wildman–Crippen MR) is 60.4 cm³/mol. The normalized spacial score (nSPS) is 14.6. The van der Waals surface area contributed by atoms with E-state index < -0.39 is 21.7 Å². The lowest BCUT2D eigenvalue weighted by atomic mass is 10.0. The van der Waals surface area contributed by atoms with E-state index in [9.17, 15) is 21.6 Å². The molecule has 1 unspecified atom stereocenters. The van der Waals surface area contributed by atoms with Crippen LogP contribution in [0.2, 0.25) is 0 Å². The SMILES string of the molecule is Cc1ccc(C)c(C(C)OS(=O)(=O)C(F)(F)F)c1. The fraction of sp³-hybridized carbons (Fsp3) is 0.455. The topological polar surface area (TPSA) is 43.4 Å². The summed E-state index contributed by atoms with van der Waals surface area (Å²) in [5.41, 5.74) is -3.50. The average molecular weight is 282 g/mol. The third-order valence-electron chi connectivity index (χ3n) is 2.43. The van der Waals surface area contributed by atoms with E-state index in [0.717, 1.165) is 5.56 Å². The number of aryl methyl sites for hydroxylation is 2. The van der Waals surface area contributed by atoms with Crippen molar-refractivity contribution in [1.82, 2.24) is 0 Å². The Hall–Kier alpha value is -1.08. The summed E-state index contributed by atoms with van der Waals surface area (Å²) in [5, 5.41) is 0. The summed E-state index contributed by atoms with van der Waals surface area (Å²) >= 11 is 0.